The van der Waals surface area contributed by atoms with E-state index in [1.165, 1.54) is 0 Å². The molecule has 0 aliphatic rings. The first-order valence-electron chi connectivity index (χ1n) is 5.09. The molecule has 0 aliphatic carbocycles. The van der Waals surface area contributed by atoms with Crippen LogP contribution in [-0.2, 0) is 17.7 Å². The molecule has 0 aliphatic heterocycles. The standard InChI is InChI=1S/C11H17ClN2OS/c1-11(2,3)16(15)8-13-7-10-6-9(12)4-5-14-10/h4-6,13H,7-8H2,1-3H3. The lowest BCUT2D eigenvalue weighted by atomic mass is 10.3. The lowest BCUT2D eigenvalue weighted by Gasteiger charge is -2.24. The highest BCUT2D eigenvalue weighted by atomic mass is 35.5. The van der Waals surface area contributed by atoms with Crippen LogP contribution in [0.25, 0.3) is 0 Å². The van der Waals surface area contributed by atoms with Gasteiger partial charge in [0, 0.05) is 17.8 Å². The van der Waals surface area contributed by atoms with Crippen molar-refractivity contribution in [3.05, 3.63) is 29.0 Å². The molecule has 0 spiro atoms. The van der Waals surface area contributed by atoms with Crippen molar-refractivity contribution in [1.29, 1.82) is 0 Å². The van der Waals surface area contributed by atoms with Gasteiger partial charge in [-0.2, -0.15) is 0 Å². The Morgan fingerprint density at radius 2 is 2.19 bits per heavy atom. The molecule has 0 radical (unpaired) electrons. The van der Waals surface area contributed by atoms with E-state index in [1.807, 2.05) is 20.8 Å². The van der Waals surface area contributed by atoms with Gasteiger partial charge in [-0.15, -0.1) is 0 Å². The summed E-state index contributed by atoms with van der Waals surface area (Å²) in [4.78, 5) is 4.15. The summed E-state index contributed by atoms with van der Waals surface area (Å²) in [7, 11) is 0. The molecule has 1 aromatic heterocycles. The lowest BCUT2D eigenvalue weighted by molar-refractivity contribution is 0.550. The summed E-state index contributed by atoms with van der Waals surface area (Å²) in [5, 5.41) is 3.78. The van der Waals surface area contributed by atoms with Crippen LogP contribution >= 0.6 is 11.6 Å². The molecular formula is C11H17ClN2OS. The van der Waals surface area contributed by atoms with Gasteiger partial charge >= 0.3 is 0 Å². The van der Waals surface area contributed by atoms with Crippen molar-refractivity contribution in [2.75, 3.05) is 5.88 Å². The Morgan fingerprint density at radius 3 is 2.75 bits per heavy atom. The summed E-state index contributed by atoms with van der Waals surface area (Å²) in [6.45, 7) is 6.47. The molecule has 1 rings (SSSR count). The second kappa shape index (κ2) is 5.87. The number of hydrogen-bond acceptors (Lipinski definition) is 3. The molecule has 0 bridgehead atoms. The largest absolute Gasteiger partial charge is 0.615 e. The molecule has 0 saturated heterocycles. The van der Waals surface area contributed by atoms with Gasteiger partial charge in [0.25, 0.3) is 0 Å². The molecule has 3 nitrogen and oxygen atoms in total. The van der Waals surface area contributed by atoms with E-state index in [2.05, 4.69) is 10.3 Å². The summed E-state index contributed by atoms with van der Waals surface area (Å²) in [6.07, 6.45) is 1.67. The second-order valence-electron chi connectivity index (χ2n) is 4.49. The van der Waals surface area contributed by atoms with Gasteiger partial charge in [-0.25, -0.2) is 0 Å². The van der Waals surface area contributed by atoms with Gasteiger partial charge in [-0.3, -0.25) is 10.3 Å². The minimum atomic E-state index is -0.888. The van der Waals surface area contributed by atoms with Crippen LogP contribution in [0, 0.1) is 0 Å². The van der Waals surface area contributed by atoms with E-state index in [4.69, 9.17) is 11.6 Å². The molecule has 1 aromatic rings. The maximum Gasteiger partial charge on any atom is 0.157 e. The molecule has 1 unspecified atom stereocenters. The number of nitrogens with zero attached hydrogens (tertiary/aromatic N) is 1. The minimum Gasteiger partial charge on any atom is -0.615 e. The summed E-state index contributed by atoms with van der Waals surface area (Å²) in [6, 6.07) is 3.53. The number of pyridine rings is 1. The first-order valence-corrected chi connectivity index (χ1v) is 6.79. The normalized spacial score (nSPS) is 13.8. The third-order valence-electron chi connectivity index (χ3n) is 2.00. The molecule has 1 atom stereocenters. The van der Waals surface area contributed by atoms with Crippen LogP contribution in [0.2, 0.25) is 5.02 Å². The van der Waals surface area contributed by atoms with Gasteiger partial charge in [-0.1, -0.05) is 11.6 Å². The molecule has 90 valence electrons. The monoisotopic (exact) mass is 260 g/mol. The highest BCUT2D eigenvalue weighted by molar-refractivity contribution is 7.92. The Balaban J connectivity index is 2.36. The van der Waals surface area contributed by atoms with Crippen molar-refractivity contribution in [1.82, 2.24) is 10.3 Å². The Hall–Kier alpha value is -0.290. The molecule has 0 aromatic carbocycles. The van der Waals surface area contributed by atoms with Crippen LogP contribution in [-0.4, -0.2) is 20.2 Å². The van der Waals surface area contributed by atoms with E-state index in [0.29, 0.717) is 17.4 Å². The molecule has 5 heteroatoms. The SMILES string of the molecule is CC(C)(C)[S+]([O-])CNCc1cc(Cl)ccn1. The fourth-order valence-corrected chi connectivity index (χ4v) is 1.94. The van der Waals surface area contributed by atoms with Gasteiger partial charge in [0.05, 0.1) is 5.69 Å². The van der Waals surface area contributed by atoms with Crippen molar-refractivity contribution < 1.29 is 4.55 Å². The van der Waals surface area contributed by atoms with Gasteiger partial charge in [-0.05, 0) is 44.1 Å². The number of nitrogens with one attached hydrogen (secondary N) is 1. The molecular weight excluding hydrogens is 244 g/mol. The van der Waals surface area contributed by atoms with E-state index >= 15 is 0 Å². The van der Waals surface area contributed by atoms with E-state index in [1.54, 1.807) is 18.3 Å². The zero-order chi connectivity index (χ0) is 12.2. The van der Waals surface area contributed by atoms with Crippen LogP contribution < -0.4 is 5.32 Å². The van der Waals surface area contributed by atoms with E-state index < -0.39 is 11.2 Å². The minimum absolute atomic E-state index is 0.186. The van der Waals surface area contributed by atoms with E-state index in [-0.39, 0.29) is 4.75 Å². The summed E-state index contributed by atoms with van der Waals surface area (Å²) in [5.74, 6) is 0.470. The number of halogens is 1. The maximum atomic E-state index is 11.7. The molecule has 0 saturated carbocycles. The van der Waals surface area contributed by atoms with Crippen LogP contribution in [0.1, 0.15) is 26.5 Å². The smallest absolute Gasteiger partial charge is 0.157 e. The van der Waals surface area contributed by atoms with Crippen LogP contribution in [0.3, 0.4) is 0 Å². The summed E-state index contributed by atoms with van der Waals surface area (Å²) < 4.78 is 11.5. The maximum absolute atomic E-state index is 11.7. The van der Waals surface area contributed by atoms with E-state index in [9.17, 15) is 4.55 Å². The zero-order valence-corrected chi connectivity index (χ0v) is 11.4. The summed E-state index contributed by atoms with van der Waals surface area (Å²) in [5.41, 5.74) is 0.860. The number of aromatic nitrogens is 1. The second-order valence-corrected chi connectivity index (χ2v) is 7.14. The zero-order valence-electron chi connectivity index (χ0n) is 9.79. The average Bonchev–Trinajstić information content (AvgIpc) is 2.16. The quantitative estimate of drug-likeness (QED) is 0.846. The van der Waals surface area contributed by atoms with Crippen LogP contribution in [0.4, 0.5) is 0 Å². The predicted octanol–water partition coefficient (Wildman–Crippen LogP) is 2.33. The highest BCUT2D eigenvalue weighted by Crippen LogP contribution is 2.15. The Bertz CT molecular complexity index is 341. The fourth-order valence-electron chi connectivity index (χ4n) is 1.03. The van der Waals surface area contributed by atoms with Crippen molar-refractivity contribution in [3.8, 4) is 0 Å². The summed E-state index contributed by atoms with van der Waals surface area (Å²) >= 11 is 4.94. The van der Waals surface area contributed by atoms with Crippen LogP contribution in [0.5, 0.6) is 0 Å². The van der Waals surface area contributed by atoms with Crippen molar-refractivity contribution in [3.63, 3.8) is 0 Å². The number of hydrogen-bond donors (Lipinski definition) is 1. The molecule has 1 heterocycles. The average molecular weight is 261 g/mol. The highest BCUT2D eigenvalue weighted by Gasteiger charge is 2.24. The molecule has 0 amide bonds. The van der Waals surface area contributed by atoms with E-state index in [0.717, 1.165) is 5.69 Å². The third-order valence-corrected chi connectivity index (χ3v) is 4.07. The first-order chi connectivity index (χ1) is 7.39. The lowest BCUT2D eigenvalue weighted by Crippen LogP contribution is -2.36. The predicted molar refractivity (Wildman–Crippen MR) is 68.8 cm³/mol. The van der Waals surface area contributed by atoms with Gasteiger partial charge in [0.1, 0.15) is 4.75 Å². The molecule has 1 N–H and O–H groups in total. The van der Waals surface area contributed by atoms with Crippen molar-refractivity contribution in [2.24, 2.45) is 0 Å². The number of rotatable bonds is 4. The van der Waals surface area contributed by atoms with Crippen LogP contribution in [0.15, 0.2) is 18.3 Å². The molecule has 0 fully saturated rings. The van der Waals surface area contributed by atoms with Gasteiger partial charge in [0.15, 0.2) is 5.88 Å². The van der Waals surface area contributed by atoms with Crippen molar-refractivity contribution in [2.45, 2.75) is 32.1 Å². The van der Waals surface area contributed by atoms with Gasteiger partial charge in [0.2, 0.25) is 0 Å². The Labute approximate surface area is 105 Å². The topological polar surface area (TPSA) is 48.0 Å². The third kappa shape index (κ3) is 4.70. The Morgan fingerprint density at radius 1 is 1.50 bits per heavy atom. The molecule has 16 heavy (non-hydrogen) atoms. The van der Waals surface area contributed by atoms with Gasteiger partial charge < -0.3 is 4.55 Å². The van der Waals surface area contributed by atoms with Crippen molar-refractivity contribution >= 4 is 22.8 Å². The fraction of sp³-hybridized carbons (Fsp3) is 0.545. The Kier molecular flexibility index (Phi) is 5.05. The first kappa shape index (κ1) is 13.8.